The minimum atomic E-state index is -0.768. The molecule has 2 N–H and O–H groups in total. The Morgan fingerprint density at radius 3 is 2.32 bits per heavy atom. The van der Waals surface area contributed by atoms with Gasteiger partial charge in [0.2, 0.25) is 0 Å². The molecule has 0 aliphatic heterocycles. The van der Waals surface area contributed by atoms with Gasteiger partial charge in [0.25, 0.3) is 0 Å². The Labute approximate surface area is 152 Å². The normalized spacial score (nSPS) is 20.8. The Hall–Kier alpha value is -1.32. The fourth-order valence-electron chi connectivity index (χ4n) is 4.15. The van der Waals surface area contributed by atoms with Gasteiger partial charge in [0.05, 0.1) is 11.8 Å². The summed E-state index contributed by atoms with van der Waals surface area (Å²) < 4.78 is 0. The van der Waals surface area contributed by atoms with Gasteiger partial charge in [-0.1, -0.05) is 58.1 Å². The number of carbonyl (C=O) groups is 2. The first kappa shape index (κ1) is 21.7. The molecule has 4 heteroatoms. The fourth-order valence-corrected chi connectivity index (χ4v) is 4.15. The number of allylic oxidation sites excluding steroid dienone is 2. The Kier molecular flexibility index (Phi) is 10.5. The molecule has 0 fully saturated rings. The predicted octanol–water partition coefficient (Wildman–Crippen LogP) is 5.52. The second kappa shape index (κ2) is 12.1. The fraction of sp³-hybridized carbons (Fsp3) is 0.810. The standard InChI is InChI=1S/C21H36O4/c1-3-5-6-8-14-17(18(11-4-2)20(22)23)15-19(21(24)25)16-12-9-7-10-13-16/h9,12,16-19H,3-8,10-11,13-15H2,1-2H3,(H,22,23)(H,24,25). The van der Waals surface area contributed by atoms with Crippen LogP contribution in [-0.4, -0.2) is 22.2 Å². The molecule has 0 bridgehead atoms. The molecule has 4 atom stereocenters. The molecule has 0 saturated carbocycles. The molecule has 1 aliphatic rings. The lowest BCUT2D eigenvalue weighted by atomic mass is 9.73. The van der Waals surface area contributed by atoms with E-state index in [0.29, 0.717) is 12.8 Å². The average Bonchev–Trinajstić information content (AvgIpc) is 2.59. The van der Waals surface area contributed by atoms with E-state index >= 15 is 0 Å². The Balaban J connectivity index is 2.86. The van der Waals surface area contributed by atoms with E-state index in [1.54, 1.807) is 0 Å². The summed E-state index contributed by atoms with van der Waals surface area (Å²) in [5.41, 5.74) is 0. The van der Waals surface area contributed by atoms with Crippen molar-refractivity contribution in [2.24, 2.45) is 23.7 Å². The van der Waals surface area contributed by atoms with E-state index in [1.165, 1.54) is 0 Å². The number of carboxylic acids is 2. The van der Waals surface area contributed by atoms with Gasteiger partial charge in [-0.3, -0.25) is 9.59 Å². The van der Waals surface area contributed by atoms with Crippen molar-refractivity contribution < 1.29 is 19.8 Å². The molecule has 1 rings (SSSR count). The Bertz CT molecular complexity index is 430. The van der Waals surface area contributed by atoms with Crippen LogP contribution < -0.4 is 0 Å². The highest BCUT2D eigenvalue weighted by atomic mass is 16.4. The lowest BCUT2D eigenvalue weighted by molar-refractivity contribution is -0.148. The minimum absolute atomic E-state index is 0.0364. The number of aliphatic carboxylic acids is 2. The summed E-state index contributed by atoms with van der Waals surface area (Å²) in [5, 5.41) is 19.4. The molecule has 0 aromatic rings. The first-order valence-corrected chi connectivity index (χ1v) is 10.1. The maximum Gasteiger partial charge on any atom is 0.307 e. The Morgan fingerprint density at radius 2 is 1.80 bits per heavy atom. The summed E-state index contributed by atoms with van der Waals surface area (Å²) >= 11 is 0. The highest BCUT2D eigenvalue weighted by Gasteiger charge is 2.35. The molecule has 0 radical (unpaired) electrons. The van der Waals surface area contributed by atoms with Crippen LogP contribution in [0.1, 0.15) is 84.5 Å². The lowest BCUT2D eigenvalue weighted by Gasteiger charge is -2.30. The molecule has 144 valence electrons. The van der Waals surface area contributed by atoms with Crippen LogP contribution in [0.3, 0.4) is 0 Å². The lowest BCUT2D eigenvalue weighted by Crippen LogP contribution is -2.31. The van der Waals surface area contributed by atoms with Crippen LogP contribution in [0.15, 0.2) is 12.2 Å². The zero-order valence-corrected chi connectivity index (χ0v) is 16.0. The van der Waals surface area contributed by atoms with E-state index in [-0.39, 0.29) is 11.8 Å². The molecule has 25 heavy (non-hydrogen) atoms. The van der Waals surface area contributed by atoms with Crippen molar-refractivity contribution in [1.82, 2.24) is 0 Å². The summed E-state index contributed by atoms with van der Waals surface area (Å²) in [6, 6.07) is 0. The second-order valence-electron chi connectivity index (χ2n) is 7.55. The van der Waals surface area contributed by atoms with E-state index < -0.39 is 23.8 Å². The Morgan fingerprint density at radius 1 is 1.04 bits per heavy atom. The summed E-state index contributed by atoms with van der Waals surface area (Å²) in [6.45, 7) is 4.16. The molecule has 0 amide bonds. The van der Waals surface area contributed by atoms with Gasteiger partial charge in [-0.25, -0.2) is 0 Å². The van der Waals surface area contributed by atoms with Crippen LogP contribution >= 0.6 is 0 Å². The van der Waals surface area contributed by atoms with Crippen LogP contribution in [-0.2, 0) is 9.59 Å². The number of unbranched alkanes of at least 4 members (excludes halogenated alkanes) is 3. The number of carboxylic acid groups (broad SMARTS) is 2. The quantitative estimate of drug-likeness (QED) is 0.338. The predicted molar refractivity (Wildman–Crippen MR) is 101 cm³/mol. The van der Waals surface area contributed by atoms with E-state index in [4.69, 9.17) is 0 Å². The van der Waals surface area contributed by atoms with Crippen molar-refractivity contribution in [3.05, 3.63) is 12.2 Å². The van der Waals surface area contributed by atoms with Gasteiger partial charge in [0, 0.05) is 0 Å². The zero-order valence-electron chi connectivity index (χ0n) is 16.0. The highest BCUT2D eigenvalue weighted by molar-refractivity contribution is 5.72. The van der Waals surface area contributed by atoms with Crippen molar-refractivity contribution >= 4 is 11.9 Å². The molecular weight excluding hydrogens is 316 g/mol. The van der Waals surface area contributed by atoms with E-state index in [0.717, 1.165) is 57.8 Å². The molecule has 4 nitrogen and oxygen atoms in total. The van der Waals surface area contributed by atoms with Gasteiger partial charge in [0.1, 0.15) is 0 Å². The summed E-state index contributed by atoms with van der Waals surface area (Å²) in [4.78, 5) is 23.7. The maximum atomic E-state index is 11.9. The van der Waals surface area contributed by atoms with Crippen molar-refractivity contribution in [3.8, 4) is 0 Å². The molecule has 0 saturated heterocycles. The molecule has 0 aromatic carbocycles. The summed E-state index contributed by atoms with van der Waals surface area (Å²) in [5.74, 6) is -2.37. The number of hydrogen-bond acceptors (Lipinski definition) is 2. The van der Waals surface area contributed by atoms with E-state index in [2.05, 4.69) is 13.0 Å². The van der Waals surface area contributed by atoms with Crippen molar-refractivity contribution in [2.75, 3.05) is 0 Å². The topological polar surface area (TPSA) is 74.6 Å². The van der Waals surface area contributed by atoms with Crippen LogP contribution in [0, 0.1) is 23.7 Å². The zero-order chi connectivity index (χ0) is 18.7. The monoisotopic (exact) mass is 352 g/mol. The van der Waals surface area contributed by atoms with Crippen LogP contribution in [0.2, 0.25) is 0 Å². The minimum Gasteiger partial charge on any atom is -0.481 e. The summed E-state index contributed by atoms with van der Waals surface area (Å²) in [7, 11) is 0. The van der Waals surface area contributed by atoms with E-state index in [9.17, 15) is 19.8 Å². The number of hydrogen-bond donors (Lipinski definition) is 2. The number of rotatable bonds is 13. The van der Waals surface area contributed by atoms with Gasteiger partial charge < -0.3 is 10.2 Å². The van der Waals surface area contributed by atoms with Gasteiger partial charge in [-0.05, 0) is 50.4 Å². The molecule has 0 aromatic heterocycles. The van der Waals surface area contributed by atoms with Gasteiger partial charge in [-0.2, -0.15) is 0 Å². The smallest absolute Gasteiger partial charge is 0.307 e. The second-order valence-corrected chi connectivity index (χ2v) is 7.55. The van der Waals surface area contributed by atoms with Crippen LogP contribution in [0.5, 0.6) is 0 Å². The van der Waals surface area contributed by atoms with Gasteiger partial charge >= 0.3 is 11.9 Å². The third-order valence-electron chi connectivity index (χ3n) is 5.60. The van der Waals surface area contributed by atoms with Crippen LogP contribution in [0.4, 0.5) is 0 Å². The van der Waals surface area contributed by atoms with Gasteiger partial charge in [-0.15, -0.1) is 0 Å². The van der Waals surface area contributed by atoms with Crippen molar-refractivity contribution in [2.45, 2.75) is 84.5 Å². The SMILES string of the molecule is CCCCCCC(CC(C(=O)O)C1C=CCCC1)C(CCC)C(=O)O. The maximum absolute atomic E-state index is 11.9. The molecule has 0 heterocycles. The molecule has 4 unspecified atom stereocenters. The van der Waals surface area contributed by atoms with E-state index in [1.807, 2.05) is 13.0 Å². The first-order valence-electron chi connectivity index (χ1n) is 10.1. The average molecular weight is 353 g/mol. The molecular formula is C21H36O4. The van der Waals surface area contributed by atoms with Crippen molar-refractivity contribution in [1.29, 1.82) is 0 Å². The highest BCUT2D eigenvalue weighted by Crippen LogP contribution is 2.35. The van der Waals surface area contributed by atoms with Crippen molar-refractivity contribution in [3.63, 3.8) is 0 Å². The third kappa shape index (κ3) is 7.62. The largest absolute Gasteiger partial charge is 0.481 e. The van der Waals surface area contributed by atoms with Crippen LogP contribution in [0.25, 0.3) is 0 Å². The third-order valence-corrected chi connectivity index (χ3v) is 5.60. The van der Waals surface area contributed by atoms with Gasteiger partial charge in [0.15, 0.2) is 0 Å². The molecule has 1 aliphatic carbocycles. The summed E-state index contributed by atoms with van der Waals surface area (Å²) in [6.07, 6.45) is 14.3. The molecule has 0 spiro atoms. The first-order chi connectivity index (χ1) is 12.0.